The number of aromatic carboxylic acids is 1. The predicted molar refractivity (Wildman–Crippen MR) is 86.0 cm³/mol. The van der Waals surface area contributed by atoms with Gasteiger partial charge in [-0.2, -0.15) is 0 Å². The molecule has 3 aromatic rings. The van der Waals surface area contributed by atoms with E-state index in [-0.39, 0.29) is 5.69 Å². The largest absolute Gasteiger partial charge is 0.477 e. The van der Waals surface area contributed by atoms with Gasteiger partial charge >= 0.3 is 5.97 Å². The summed E-state index contributed by atoms with van der Waals surface area (Å²) in [6, 6.07) is 8.88. The highest BCUT2D eigenvalue weighted by molar-refractivity contribution is 6.33. The van der Waals surface area contributed by atoms with Crippen LogP contribution in [-0.4, -0.2) is 20.5 Å². The Kier molecular flexibility index (Phi) is 4.05. The molecule has 0 aliphatic carbocycles. The third-order valence-corrected chi connectivity index (χ3v) is 4.13. The molecule has 0 unspecified atom stereocenters. The third-order valence-electron chi connectivity index (χ3n) is 3.52. The zero-order valence-electron chi connectivity index (χ0n) is 11.5. The first-order chi connectivity index (χ1) is 10.6. The van der Waals surface area contributed by atoms with E-state index >= 15 is 0 Å². The highest BCUT2D eigenvalue weighted by Crippen LogP contribution is 2.23. The van der Waals surface area contributed by atoms with Crippen molar-refractivity contribution >= 4 is 34.8 Å². The number of fused-ring (bicyclic) bond motifs is 1. The standard InChI is InChI=1S/C16H12Cl2N2O2/c17-12-4-5-13(18)11(9-12)2-1-10-3-6-14-19-7-8-20(14)15(10)16(21)22/h3-9H,1-2H2,(H,21,22). The summed E-state index contributed by atoms with van der Waals surface area (Å²) < 4.78 is 1.58. The summed E-state index contributed by atoms with van der Waals surface area (Å²) in [5, 5.41) is 10.7. The van der Waals surface area contributed by atoms with E-state index in [9.17, 15) is 9.90 Å². The Morgan fingerprint density at radius 3 is 2.68 bits per heavy atom. The van der Waals surface area contributed by atoms with Crippen molar-refractivity contribution in [1.29, 1.82) is 0 Å². The molecule has 6 heteroatoms. The lowest BCUT2D eigenvalue weighted by Gasteiger charge is -2.10. The third kappa shape index (κ3) is 2.80. The molecule has 0 aliphatic rings. The second-order valence-electron chi connectivity index (χ2n) is 4.90. The van der Waals surface area contributed by atoms with Gasteiger partial charge in [0, 0.05) is 22.4 Å². The van der Waals surface area contributed by atoms with Crippen LogP contribution in [0.15, 0.2) is 42.7 Å². The molecule has 0 spiro atoms. The first-order valence-corrected chi connectivity index (χ1v) is 7.44. The van der Waals surface area contributed by atoms with Gasteiger partial charge in [0.1, 0.15) is 11.3 Å². The minimum absolute atomic E-state index is 0.230. The lowest BCUT2D eigenvalue weighted by molar-refractivity contribution is 0.0687. The van der Waals surface area contributed by atoms with Crippen LogP contribution in [0, 0.1) is 0 Å². The molecule has 1 aromatic carbocycles. The minimum atomic E-state index is -0.976. The van der Waals surface area contributed by atoms with E-state index in [1.807, 2.05) is 0 Å². The van der Waals surface area contributed by atoms with Gasteiger partial charge in [-0.3, -0.25) is 4.40 Å². The smallest absolute Gasteiger partial charge is 0.353 e. The van der Waals surface area contributed by atoms with Crippen LogP contribution in [0.1, 0.15) is 21.6 Å². The summed E-state index contributed by atoms with van der Waals surface area (Å²) in [6.07, 6.45) is 4.39. The summed E-state index contributed by atoms with van der Waals surface area (Å²) in [4.78, 5) is 15.7. The van der Waals surface area contributed by atoms with Gasteiger partial charge in [0.2, 0.25) is 0 Å². The van der Waals surface area contributed by atoms with E-state index in [2.05, 4.69) is 4.98 Å². The fourth-order valence-corrected chi connectivity index (χ4v) is 2.89. The Morgan fingerprint density at radius 1 is 1.14 bits per heavy atom. The highest BCUT2D eigenvalue weighted by atomic mass is 35.5. The number of pyridine rings is 1. The number of carboxylic acids is 1. The van der Waals surface area contributed by atoms with Crippen molar-refractivity contribution in [2.24, 2.45) is 0 Å². The van der Waals surface area contributed by atoms with Gasteiger partial charge in [0.05, 0.1) is 0 Å². The lowest BCUT2D eigenvalue weighted by atomic mass is 10.0. The number of hydrogen-bond acceptors (Lipinski definition) is 2. The maximum atomic E-state index is 11.6. The maximum Gasteiger partial charge on any atom is 0.353 e. The maximum absolute atomic E-state index is 11.6. The molecule has 22 heavy (non-hydrogen) atoms. The molecule has 0 fully saturated rings. The van der Waals surface area contributed by atoms with Crippen molar-refractivity contribution in [3.05, 3.63) is 69.6 Å². The average Bonchev–Trinajstić information content (AvgIpc) is 2.95. The number of carbonyl (C=O) groups is 1. The van der Waals surface area contributed by atoms with E-state index in [1.54, 1.807) is 47.1 Å². The highest BCUT2D eigenvalue weighted by Gasteiger charge is 2.15. The van der Waals surface area contributed by atoms with Crippen LogP contribution in [0.3, 0.4) is 0 Å². The Balaban J connectivity index is 1.95. The molecule has 0 radical (unpaired) electrons. The van der Waals surface area contributed by atoms with E-state index in [1.165, 1.54) is 0 Å². The molecular formula is C16H12Cl2N2O2. The molecule has 0 amide bonds. The topological polar surface area (TPSA) is 54.6 Å². The van der Waals surface area contributed by atoms with Gasteiger partial charge in [-0.05, 0) is 48.2 Å². The molecule has 0 atom stereocenters. The number of aryl methyl sites for hydroxylation is 2. The normalized spacial score (nSPS) is 11.0. The Bertz CT molecular complexity index is 858. The summed E-state index contributed by atoms with van der Waals surface area (Å²) in [7, 11) is 0. The van der Waals surface area contributed by atoms with Crippen LogP contribution in [0.25, 0.3) is 5.65 Å². The summed E-state index contributed by atoms with van der Waals surface area (Å²) >= 11 is 12.1. The number of rotatable bonds is 4. The molecule has 4 nitrogen and oxygen atoms in total. The molecule has 2 aromatic heterocycles. The first kappa shape index (κ1) is 14.9. The predicted octanol–water partition coefficient (Wildman–Crippen LogP) is 4.12. The van der Waals surface area contributed by atoms with Gasteiger partial charge < -0.3 is 5.11 Å². The van der Waals surface area contributed by atoms with Crippen molar-refractivity contribution in [2.75, 3.05) is 0 Å². The van der Waals surface area contributed by atoms with Crippen LogP contribution in [0.2, 0.25) is 10.0 Å². The number of benzene rings is 1. The molecule has 1 N–H and O–H groups in total. The quantitative estimate of drug-likeness (QED) is 0.780. The molecule has 0 saturated carbocycles. The zero-order chi connectivity index (χ0) is 15.7. The molecular weight excluding hydrogens is 323 g/mol. The number of imidazole rings is 1. The number of nitrogens with zero attached hydrogens (tertiary/aromatic N) is 2. The SMILES string of the molecule is O=C(O)c1c(CCc2cc(Cl)ccc2Cl)ccc2nccn12. The summed E-state index contributed by atoms with van der Waals surface area (Å²) in [6.45, 7) is 0. The number of carboxylic acid groups (broad SMARTS) is 1. The Hall–Kier alpha value is -2.04. The van der Waals surface area contributed by atoms with Crippen LogP contribution in [0.4, 0.5) is 0 Å². The molecule has 3 rings (SSSR count). The molecule has 0 aliphatic heterocycles. The number of hydrogen-bond donors (Lipinski definition) is 1. The van der Waals surface area contributed by atoms with E-state index in [0.29, 0.717) is 28.5 Å². The van der Waals surface area contributed by atoms with E-state index in [0.717, 1.165) is 11.1 Å². The average molecular weight is 335 g/mol. The van der Waals surface area contributed by atoms with Crippen molar-refractivity contribution in [3.63, 3.8) is 0 Å². The molecule has 112 valence electrons. The lowest BCUT2D eigenvalue weighted by Crippen LogP contribution is -2.10. The van der Waals surface area contributed by atoms with Crippen LogP contribution < -0.4 is 0 Å². The monoisotopic (exact) mass is 334 g/mol. The first-order valence-electron chi connectivity index (χ1n) is 6.68. The second-order valence-corrected chi connectivity index (χ2v) is 5.75. The number of aromatic nitrogens is 2. The van der Waals surface area contributed by atoms with Crippen LogP contribution in [0.5, 0.6) is 0 Å². The van der Waals surface area contributed by atoms with Crippen molar-refractivity contribution in [3.8, 4) is 0 Å². The van der Waals surface area contributed by atoms with Gasteiger partial charge in [0.15, 0.2) is 0 Å². The summed E-state index contributed by atoms with van der Waals surface area (Å²) in [5.74, 6) is -0.976. The number of halogens is 2. The van der Waals surface area contributed by atoms with Crippen molar-refractivity contribution < 1.29 is 9.90 Å². The minimum Gasteiger partial charge on any atom is -0.477 e. The van der Waals surface area contributed by atoms with E-state index in [4.69, 9.17) is 23.2 Å². The van der Waals surface area contributed by atoms with Crippen molar-refractivity contribution in [2.45, 2.75) is 12.8 Å². The fraction of sp³-hybridized carbons (Fsp3) is 0.125. The Labute approximate surface area is 136 Å². The van der Waals surface area contributed by atoms with E-state index < -0.39 is 5.97 Å². The van der Waals surface area contributed by atoms with Gasteiger partial charge in [-0.25, -0.2) is 9.78 Å². The van der Waals surface area contributed by atoms with Gasteiger partial charge in [-0.15, -0.1) is 0 Å². The van der Waals surface area contributed by atoms with Crippen LogP contribution in [-0.2, 0) is 12.8 Å². The van der Waals surface area contributed by atoms with Crippen LogP contribution >= 0.6 is 23.2 Å². The van der Waals surface area contributed by atoms with Gasteiger partial charge in [-0.1, -0.05) is 29.3 Å². The van der Waals surface area contributed by atoms with Crippen molar-refractivity contribution in [1.82, 2.24) is 9.38 Å². The summed E-state index contributed by atoms with van der Waals surface area (Å²) in [5.41, 5.74) is 2.47. The fourth-order valence-electron chi connectivity index (χ4n) is 2.48. The molecule has 0 saturated heterocycles. The molecule has 0 bridgehead atoms. The van der Waals surface area contributed by atoms with Gasteiger partial charge in [0.25, 0.3) is 0 Å². The second kappa shape index (κ2) is 5.99. The molecule has 2 heterocycles. The zero-order valence-corrected chi connectivity index (χ0v) is 13.0. The Morgan fingerprint density at radius 2 is 1.91 bits per heavy atom.